The predicted octanol–water partition coefficient (Wildman–Crippen LogP) is 5.71. The summed E-state index contributed by atoms with van der Waals surface area (Å²) in [4.78, 5) is 12.4. The SMILES string of the molecule is O=C(Nc1ccccc1OCCCc1ccccc1)c1cccc(Br)c1. The van der Waals surface area contributed by atoms with Gasteiger partial charge in [-0.3, -0.25) is 4.79 Å². The van der Waals surface area contributed by atoms with E-state index in [0.29, 0.717) is 23.6 Å². The number of carbonyl (C=O) groups is 1. The van der Waals surface area contributed by atoms with Crippen molar-refractivity contribution in [1.29, 1.82) is 0 Å². The first kappa shape index (κ1) is 18.2. The van der Waals surface area contributed by atoms with Crippen LogP contribution in [0.5, 0.6) is 5.75 Å². The van der Waals surface area contributed by atoms with Gasteiger partial charge in [0.2, 0.25) is 0 Å². The highest BCUT2D eigenvalue weighted by molar-refractivity contribution is 9.10. The fraction of sp³-hybridized carbons (Fsp3) is 0.136. The third kappa shape index (κ3) is 5.20. The molecule has 1 amide bonds. The van der Waals surface area contributed by atoms with Crippen molar-refractivity contribution in [2.24, 2.45) is 0 Å². The molecule has 0 aliphatic heterocycles. The fourth-order valence-corrected chi connectivity index (χ4v) is 3.02. The van der Waals surface area contributed by atoms with Gasteiger partial charge in [0.1, 0.15) is 5.75 Å². The van der Waals surface area contributed by atoms with Crippen molar-refractivity contribution in [3.05, 3.63) is 94.5 Å². The largest absolute Gasteiger partial charge is 0.491 e. The van der Waals surface area contributed by atoms with Gasteiger partial charge < -0.3 is 10.1 Å². The molecular formula is C22H20BrNO2. The van der Waals surface area contributed by atoms with Crippen LogP contribution in [0, 0.1) is 0 Å². The van der Waals surface area contributed by atoms with Crippen molar-refractivity contribution >= 4 is 27.5 Å². The molecule has 0 saturated heterocycles. The molecular weight excluding hydrogens is 390 g/mol. The second-order valence-corrected chi connectivity index (χ2v) is 6.81. The molecule has 132 valence electrons. The zero-order chi connectivity index (χ0) is 18.2. The van der Waals surface area contributed by atoms with Crippen LogP contribution in [-0.2, 0) is 6.42 Å². The monoisotopic (exact) mass is 409 g/mol. The lowest BCUT2D eigenvalue weighted by Gasteiger charge is -2.12. The van der Waals surface area contributed by atoms with E-state index < -0.39 is 0 Å². The first-order valence-corrected chi connectivity index (χ1v) is 9.34. The molecule has 3 rings (SSSR count). The van der Waals surface area contributed by atoms with Crippen LogP contribution in [0.4, 0.5) is 5.69 Å². The van der Waals surface area contributed by atoms with Gasteiger partial charge in [0.25, 0.3) is 5.91 Å². The summed E-state index contributed by atoms with van der Waals surface area (Å²) in [6.45, 7) is 0.596. The van der Waals surface area contributed by atoms with Crippen LogP contribution in [0.2, 0.25) is 0 Å². The van der Waals surface area contributed by atoms with Gasteiger partial charge in [-0.05, 0) is 48.7 Å². The summed E-state index contributed by atoms with van der Waals surface area (Å²) >= 11 is 3.39. The molecule has 0 aliphatic rings. The van der Waals surface area contributed by atoms with E-state index in [0.717, 1.165) is 17.3 Å². The molecule has 0 unspecified atom stereocenters. The number of aryl methyl sites for hydroxylation is 1. The Morgan fingerprint density at radius 1 is 0.923 bits per heavy atom. The normalized spacial score (nSPS) is 10.3. The molecule has 0 radical (unpaired) electrons. The van der Waals surface area contributed by atoms with Gasteiger partial charge in [0, 0.05) is 10.0 Å². The fourth-order valence-electron chi connectivity index (χ4n) is 2.62. The highest BCUT2D eigenvalue weighted by Gasteiger charge is 2.10. The number of amides is 1. The van der Waals surface area contributed by atoms with Crippen molar-refractivity contribution in [2.45, 2.75) is 12.8 Å². The van der Waals surface area contributed by atoms with Gasteiger partial charge in [-0.25, -0.2) is 0 Å². The standard InChI is InChI=1S/C22H20BrNO2/c23-19-12-6-11-18(16-19)22(25)24-20-13-4-5-14-21(20)26-15-7-10-17-8-2-1-3-9-17/h1-6,8-9,11-14,16H,7,10,15H2,(H,24,25). The number of carbonyl (C=O) groups excluding carboxylic acids is 1. The molecule has 0 fully saturated rings. The van der Waals surface area contributed by atoms with Crippen molar-refractivity contribution in [3.63, 3.8) is 0 Å². The van der Waals surface area contributed by atoms with Crippen LogP contribution in [0.3, 0.4) is 0 Å². The highest BCUT2D eigenvalue weighted by atomic mass is 79.9. The van der Waals surface area contributed by atoms with Crippen molar-refractivity contribution in [2.75, 3.05) is 11.9 Å². The average molecular weight is 410 g/mol. The van der Waals surface area contributed by atoms with Crippen LogP contribution >= 0.6 is 15.9 Å². The molecule has 1 N–H and O–H groups in total. The van der Waals surface area contributed by atoms with Gasteiger partial charge in [0.15, 0.2) is 0 Å². The third-order valence-corrected chi connectivity index (χ3v) is 4.43. The Labute approximate surface area is 162 Å². The van der Waals surface area contributed by atoms with E-state index in [-0.39, 0.29) is 5.91 Å². The maximum Gasteiger partial charge on any atom is 0.255 e. The zero-order valence-corrected chi connectivity index (χ0v) is 15.9. The Kier molecular flexibility index (Phi) is 6.45. The topological polar surface area (TPSA) is 38.3 Å². The molecule has 0 bridgehead atoms. The van der Waals surface area contributed by atoms with E-state index in [1.54, 1.807) is 12.1 Å². The summed E-state index contributed by atoms with van der Waals surface area (Å²) in [7, 11) is 0. The molecule has 0 spiro atoms. The number of hydrogen-bond acceptors (Lipinski definition) is 2. The Bertz CT molecular complexity index is 865. The zero-order valence-electron chi connectivity index (χ0n) is 14.3. The highest BCUT2D eigenvalue weighted by Crippen LogP contribution is 2.25. The molecule has 4 heteroatoms. The van der Waals surface area contributed by atoms with Crippen LogP contribution < -0.4 is 10.1 Å². The molecule has 0 aromatic heterocycles. The summed E-state index contributed by atoms with van der Waals surface area (Å²) in [5.41, 5.74) is 2.57. The lowest BCUT2D eigenvalue weighted by Crippen LogP contribution is -2.13. The van der Waals surface area contributed by atoms with Gasteiger partial charge in [-0.2, -0.15) is 0 Å². The van der Waals surface area contributed by atoms with Gasteiger partial charge in [-0.1, -0.05) is 64.5 Å². The second-order valence-electron chi connectivity index (χ2n) is 5.90. The molecule has 3 aromatic carbocycles. The number of rotatable bonds is 7. The van der Waals surface area contributed by atoms with Gasteiger partial charge >= 0.3 is 0 Å². The summed E-state index contributed by atoms with van der Waals surface area (Å²) in [6, 6.07) is 25.2. The molecule has 3 nitrogen and oxygen atoms in total. The van der Waals surface area contributed by atoms with E-state index in [9.17, 15) is 4.79 Å². The summed E-state index contributed by atoms with van der Waals surface area (Å²) < 4.78 is 6.77. The van der Waals surface area contributed by atoms with E-state index in [1.165, 1.54) is 5.56 Å². The Hall–Kier alpha value is -2.59. The van der Waals surface area contributed by atoms with E-state index in [4.69, 9.17) is 4.74 Å². The number of nitrogens with one attached hydrogen (secondary N) is 1. The number of anilines is 1. The maximum absolute atomic E-state index is 12.4. The second kappa shape index (κ2) is 9.20. The minimum Gasteiger partial charge on any atom is -0.491 e. The van der Waals surface area contributed by atoms with Crippen molar-refractivity contribution in [1.82, 2.24) is 0 Å². The van der Waals surface area contributed by atoms with E-state index >= 15 is 0 Å². The van der Waals surface area contributed by atoms with Crippen LogP contribution in [0.15, 0.2) is 83.3 Å². The average Bonchev–Trinajstić information content (AvgIpc) is 2.67. The van der Waals surface area contributed by atoms with Crippen LogP contribution in [0.1, 0.15) is 22.3 Å². The molecule has 26 heavy (non-hydrogen) atoms. The van der Waals surface area contributed by atoms with Crippen LogP contribution in [-0.4, -0.2) is 12.5 Å². The lowest BCUT2D eigenvalue weighted by molar-refractivity contribution is 0.102. The van der Waals surface area contributed by atoms with E-state index in [2.05, 4.69) is 33.4 Å². The summed E-state index contributed by atoms with van der Waals surface area (Å²) in [6.07, 6.45) is 1.88. The number of ether oxygens (including phenoxy) is 1. The first-order valence-electron chi connectivity index (χ1n) is 8.55. The predicted molar refractivity (Wildman–Crippen MR) is 109 cm³/mol. The maximum atomic E-state index is 12.4. The number of benzene rings is 3. The van der Waals surface area contributed by atoms with Gasteiger partial charge in [0.05, 0.1) is 12.3 Å². The minimum atomic E-state index is -0.161. The molecule has 0 heterocycles. The molecule has 0 saturated carbocycles. The number of hydrogen-bond donors (Lipinski definition) is 1. The minimum absolute atomic E-state index is 0.161. The Morgan fingerprint density at radius 3 is 2.50 bits per heavy atom. The smallest absolute Gasteiger partial charge is 0.255 e. The third-order valence-electron chi connectivity index (χ3n) is 3.93. The van der Waals surface area contributed by atoms with Crippen molar-refractivity contribution < 1.29 is 9.53 Å². The molecule has 0 aliphatic carbocycles. The number of para-hydroxylation sites is 2. The van der Waals surface area contributed by atoms with Crippen molar-refractivity contribution in [3.8, 4) is 5.75 Å². The van der Waals surface area contributed by atoms with Crippen LogP contribution in [0.25, 0.3) is 0 Å². The Morgan fingerprint density at radius 2 is 1.69 bits per heavy atom. The molecule has 0 atom stereocenters. The van der Waals surface area contributed by atoms with Gasteiger partial charge in [-0.15, -0.1) is 0 Å². The lowest BCUT2D eigenvalue weighted by atomic mass is 10.1. The first-order chi connectivity index (χ1) is 12.7. The quantitative estimate of drug-likeness (QED) is 0.507. The summed E-state index contributed by atoms with van der Waals surface area (Å²) in [5.74, 6) is 0.524. The van der Waals surface area contributed by atoms with E-state index in [1.807, 2.05) is 54.6 Å². The molecule has 3 aromatic rings. The summed E-state index contributed by atoms with van der Waals surface area (Å²) in [5, 5.41) is 2.93. The Balaban J connectivity index is 1.58. The number of halogens is 1.